The number of nitrogens with one attached hydrogen (secondary N) is 2. The molecular formula is C15H22N6O. The van der Waals surface area contributed by atoms with Gasteiger partial charge >= 0.3 is 0 Å². The fraction of sp³-hybridized carbons (Fsp3) is 0.533. The van der Waals surface area contributed by atoms with Crippen molar-refractivity contribution in [2.75, 3.05) is 0 Å². The van der Waals surface area contributed by atoms with E-state index in [2.05, 4.69) is 24.8 Å². The monoisotopic (exact) mass is 302 g/mol. The van der Waals surface area contributed by atoms with Gasteiger partial charge in [0.2, 0.25) is 0 Å². The molecule has 0 spiro atoms. The van der Waals surface area contributed by atoms with Gasteiger partial charge in [-0.2, -0.15) is 0 Å². The second kappa shape index (κ2) is 6.85. The molecule has 2 aromatic heterocycles. The zero-order chi connectivity index (χ0) is 15.4. The van der Waals surface area contributed by atoms with Crippen molar-refractivity contribution in [3.8, 4) is 0 Å². The lowest BCUT2D eigenvalue weighted by molar-refractivity contribution is 0.575. The summed E-state index contributed by atoms with van der Waals surface area (Å²) in [5.41, 5.74) is 7.17. The van der Waals surface area contributed by atoms with Crippen molar-refractivity contribution in [2.24, 2.45) is 5.73 Å². The molecule has 3 rings (SSSR count). The summed E-state index contributed by atoms with van der Waals surface area (Å²) in [4.78, 5) is 23.1. The third kappa shape index (κ3) is 3.42. The van der Waals surface area contributed by atoms with Gasteiger partial charge in [-0.3, -0.25) is 4.79 Å². The third-order valence-corrected chi connectivity index (χ3v) is 3.95. The highest BCUT2D eigenvalue weighted by Gasteiger charge is 2.12. The molecule has 7 nitrogen and oxygen atoms in total. The van der Waals surface area contributed by atoms with E-state index in [0.29, 0.717) is 24.6 Å². The van der Waals surface area contributed by atoms with Gasteiger partial charge in [0, 0.05) is 38.3 Å². The van der Waals surface area contributed by atoms with Crippen LogP contribution in [-0.2, 0) is 32.6 Å². The molecule has 0 aromatic carbocycles. The van der Waals surface area contributed by atoms with Crippen LogP contribution >= 0.6 is 0 Å². The number of fused-ring (bicyclic) bond motifs is 1. The van der Waals surface area contributed by atoms with Gasteiger partial charge in [0.15, 0.2) is 0 Å². The summed E-state index contributed by atoms with van der Waals surface area (Å²) in [6.45, 7) is 2.53. The van der Waals surface area contributed by atoms with Crippen LogP contribution in [0.5, 0.6) is 0 Å². The molecule has 0 aliphatic carbocycles. The first-order chi connectivity index (χ1) is 10.8. The molecule has 0 unspecified atom stereocenters. The molecule has 0 atom stereocenters. The van der Waals surface area contributed by atoms with Crippen LogP contribution in [0, 0.1) is 0 Å². The van der Waals surface area contributed by atoms with Gasteiger partial charge in [-0.15, -0.1) is 0 Å². The largest absolute Gasteiger partial charge is 0.331 e. The third-order valence-electron chi connectivity index (χ3n) is 3.95. The average Bonchev–Trinajstić information content (AvgIpc) is 2.74. The highest BCUT2D eigenvalue weighted by atomic mass is 16.1. The molecule has 0 bridgehead atoms. The molecule has 0 amide bonds. The second-order valence-electron chi connectivity index (χ2n) is 5.62. The molecule has 3 heterocycles. The summed E-state index contributed by atoms with van der Waals surface area (Å²) in [6.07, 6.45) is 6.71. The maximum absolute atomic E-state index is 11.5. The minimum absolute atomic E-state index is 0.162. The Bertz CT molecular complexity index is 690. The van der Waals surface area contributed by atoms with Crippen molar-refractivity contribution < 1.29 is 0 Å². The number of nitrogens with zero attached hydrogens (tertiary/aromatic N) is 3. The van der Waals surface area contributed by atoms with E-state index < -0.39 is 0 Å². The standard InChI is InChI=1S/C15H22N6O/c16-7-11-6-15(22)20-13(19-11)10-17-8-12-9-18-14-4-2-1-3-5-21(12)14/h6,9,17H,1-5,7-8,10,16H2,(H,19,20,22). The Morgan fingerprint density at radius 1 is 1.32 bits per heavy atom. The molecule has 22 heavy (non-hydrogen) atoms. The van der Waals surface area contributed by atoms with Crippen LogP contribution in [0.3, 0.4) is 0 Å². The maximum Gasteiger partial charge on any atom is 0.251 e. The Hall–Kier alpha value is -1.99. The zero-order valence-electron chi connectivity index (χ0n) is 12.6. The Morgan fingerprint density at radius 3 is 3.09 bits per heavy atom. The lowest BCUT2D eigenvalue weighted by Crippen LogP contribution is -2.22. The maximum atomic E-state index is 11.5. The quantitative estimate of drug-likeness (QED) is 0.744. The number of aromatic nitrogens is 4. The minimum Gasteiger partial charge on any atom is -0.331 e. The number of nitrogens with two attached hydrogens (primary N) is 1. The number of hydrogen-bond acceptors (Lipinski definition) is 5. The predicted molar refractivity (Wildman–Crippen MR) is 83.1 cm³/mol. The summed E-state index contributed by atoms with van der Waals surface area (Å²) in [5.74, 6) is 1.80. The van der Waals surface area contributed by atoms with E-state index in [4.69, 9.17) is 5.73 Å². The molecule has 2 aromatic rings. The molecule has 0 fully saturated rings. The van der Waals surface area contributed by atoms with Crippen LogP contribution in [0.4, 0.5) is 0 Å². The van der Waals surface area contributed by atoms with E-state index in [-0.39, 0.29) is 12.1 Å². The molecule has 1 aliphatic rings. The fourth-order valence-electron chi connectivity index (χ4n) is 2.86. The molecular weight excluding hydrogens is 280 g/mol. The van der Waals surface area contributed by atoms with E-state index in [0.717, 1.165) is 13.0 Å². The van der Waals surface area contributed by atoms with Crippen molar-refractivity contribution in [2.45, 2.75) is 51.9 Å². The number of imidazole rings is 1. The smallest absolute Gasteiger partial charge is 0.251 e. The molecule has 0 saturated carbocycles. The lowest BCUT2D eigenvalue weighted by Gasteiger charge is -2.10. The molecule has 0 saturated heterocycles. The van der Waals surface area contributed by atoms with E-state index in [1.165, 1.54) is 36.8 Å². The number of hydrogen-bond donors (Lipinski definition) is 3. The van der Waals surface area contributed by atoms with Crippen LogP contribution in [0.2, 0.25) is 0 Å². The Morgan fingerprint density at radius 2 is 2.23 bits per heavy atom. The van der Waals surface area contributed by atoms with Crippen molar-refractivity contribution in [1.82, 2.24) is 24.8 Å². The number of H-pyrrole nitrogens is 1. The number of aryl methyl sites for hydroxylation is 1. The first-order valence-electron chi connectivity index (χ1n) is 7.79. The highest BCUT2D eigenvalue weighted by molar-refractivity contribution is 5.07. The van der Waals surface area contributed by atoms with Crippen molar-refractivity contribution in [3.05, 3.63) is 45.7 Å². The summed E-state index contributed by atoms with van der Waals surface area (Å²) >= 11 is 0. The molecule has 4 N–H and O–H groups in total. The minimum atomic E-state index is -0.162. The summed E-state index contributed by atoms with van der Waals surface area (Å²) in [7, 11) is 0. The van der Waals surface area contributed by atoms with Crippen LogP contribution in [-0.4, -0.2) is 19.5 Å². The average molecular weight is 302 g/mol. The van der Waals surface area contributed by atoms with Gasteiger partial charge in [-0.1, -0.05) is 6.42 Å². The van der Waals surface area contributed by atoms with Crippen molar-refractivity contribution in [1.29, 1.82) is 0 Å². The molecule has 0 radical (unpaired) electrons. The molecule has 7 heteroatoms. The Labute approximate surface area is 129 Å². The van der Waals surface area contributed by atoms with Gasteiger partial charge in [-0.25, -0.2) is 9.97 Å². The number of rotatable bonds is 5. The van der Waals surface area contributed by atoms with Gasteiger partial charge in [0.05, 0.1) is 17.9 Å². The zero-order valence-corrected chi connectivity index (χ0v) is 12.6. The second-order valence-corrected chi connectivity index (χ2v) is 5.62. The van der Waals surface area contributed by atoms with E-state index in [1.54, 1.807) is 0 Å². The van der Waals surface area contributed by atoms with E-state index in [9.17, 15) is 4.79 Å². The predicted octanol–water partition coefficient (Wildman–Crippen LogP) is 0.441. The van der Waals surface area contributed by atoms with Crippen molar-refractivity contribution >= 4 is 0 Å². The lowest BCUT2D eigenvalue weighted by atomic mass is 10.2. The van der Waals surface area contributed by atoms with Gasteiger partial charge in [0.25, 0.3) is 5.56 Å². The fourth-order valence-corrected chi connectivity index (χ4v) is 2.86. The molecule has 1 aliphatic heterocycles. The van der Waals surface area contributed by atoms with Gasteiger partial charge in [-0.05, 0) is 12.8 Å². The van der Waals surface area contributed by atoms with Crippen LogP contribution in [0.25, 0.3) is 0 Å². The summed E-state index contributed by atoms with van der Waals surface area (Å²) in [5, 5.41) is 3.32. The number of aromatic amines is 1. The van der Waals surface area contributed by atoms with Crippen LogP contribution in [0.1, 0.15) is 42.3 Å². The first-order valence-corrected chi connectivity index (χ1v) is 7.79. The van der Waals surface area contributed by atoms with Gasteiger partial charge in [0.1, 0.15) is 11.6 Å². The van der Waals surface area contributed by atoms with E-state index >= 15 is 0 Å². The summed E-state index contributed by atoms with van der Waals surface area (Å²) < 4.78 is 2.31. The van der Waals surface area contributed by atoms with E-state index in [1.807, 2.05) is 6.20 Å². The Balaban J connectivity index is 1.63. The molecule has 118 valence electrons. The van der Waals surface area contributed by atoms with Crippen LogP contribution < -0.4 is 16.6 Å². The van der Waals surface area contributed by atoms with Crippen molar-refractivity contribution in [3.63, 3.8) is 0 Å². The first kappa shape index (κ1) is 14.9. The van der Waals surface area contributed by atoms with Crippen LogP contribution in [0.15, 0.2) is 17.1 Å². The topological polar surface area (TPSA) is 102 Å². The highest BCUT2D eigenvalue weighted by Crippen LogP contribution is 2.15. The summed E-state index contributed by atoms with van der Waals surface area (Å²) in [6, 6.07) is 1.43. The SMILES string of the molecule is NCc1cc(=O)[nH]c(CNCc2cnc3n2CCCCC3)n1. The Kier molecular flexibility index (Phi) is 4.65. The normalized spacial score (nSPS) is 14.6. The van der Waals surface area contributed by atoms with Gasteiger partial charge < -0.3 is 20.6 Å².